The maximum Gasteiger partial charge on any atom is 0.336 e. The molecular formula is C16H9BrO3. The minimum absolute atomic E-state index is 0.201. The van der Waals surface area contributed by atoms with Crippen LogP contribution in [0.1, 0.15) is 15.9 Å². The molecule has 1 aromatic heterocycles. The molecule has 2 aliphatic rings. The third-order valence-electron chi connectivity index (χ3n) is 2.97. The maximum atomic E-state index is 10.8. The minimum atomic E-state index is -0.315. The average molecular weight is 329 g/mol. The molecule has 3 aromatic rings. The number of fused-ring (bicyclic) bond motifs is 3. The summed E-state index contributed by atoms with van der Waals surface area (Å²) in [5.74, 6) is 0.201. The van der Waals surface area contributed by atoms with Gasteiger partial charge in [0.25, 0.3) is 0 Å². The van der Waals surface area contributed by atoms with E-state index in [0.717, 1.165) is 21.0 Å². The highest BCUT2D eigenvalue weighted by atomic mass is 79.9. The normalized spacial score (nSPS) is 11.6. The molecule has 5 rings (SSSR count). The van der Waals surface area contributed by atoms with Crippen LogP contribution in [-0.4, -0.2) is 5.78 Å². The van der Waals surface area contributed by atoms with Gasteiger partial charge in [0.15, 0.2) is 5.78 Å². The molecule has 0 spiro atoms. The van der Waals surface area contributed by atoms with Gasteiger partial charge in [-0.25, -0.2) is 4.79 Å². The van der Waals surface area contributed by atoms with Crippen LogP contribution in [0.15, 0.2) is 68.3 Å². The second kappa shape index (κ2) is 5.06. The molecule has 3 nitrogen and oxygen atoms in total. The summed E-state index contributed by atoms with van der Waals surface area (Å²) in [7, 11) is 0. The van der Waals surface area contributed by atoms with E-state index in [1.165, 1.54) is 6.07 Å². The standard InChI is InChI=1S/C9H5BrO2.C7H4O/c10-7-2-3-8-6(5-7)1-4-9(11)12-8;8-7-5-2-1-3-6(7)4-5/h1-5H;1-4H. The smallest absolute Gasteiger partial charge is 0.336 e. The molecule has 0 unspecified atom stereocenters. The number of ketones is 1. The van der Waals surface area contributed by atoms with Crippen LogP contribution in [0.4, 0.5) is 0 Å². The highest BCUT2D eigenvalue weighted by molar-refractivity contribution is 9.10. The largest absolute Gasteiger partial charge is 0.423 e. The summed E-state index contributed by atoms with van der Waals surface area (Å²) >= 11 is 3.33. The quantitative estimate of drug-likeness (QED) is 0.461. The lowest BCUT2D eigenvalue weighted by Gasteiger charge is -2.10. The van der Waals surface area contributed by atoms with Crippen molar-refractivity contribution >= 4 is 32.7 Å². The van der Waals surface area contributed by atoms with Gasteiger partial charge in [-0.3, -0.25) is 4.79 Å². The molecule has 20 heavy (non-hydrogen) atoms. The van der Waals surface area contributed by atoms with Crippen molar-refractivity contribution in [3.8, 4) is 0 Å². The molecule has 2 bridgehead atoms. The molecule has 2 aromatic carbocycles. The summed E-state index contributed by atoms with van der Waals surface area (Å²) < 4.78 is 5.92. The molecule has 1 heterocycles. The molecule has 0 N–H and O–H groups in total. The zero-order valence-corrected chi connectivity index (χ0v) is 11.9. The number of rotatable bonds is 0. The van der Waals surface area contributed by atoms with E-state index in [2.05, 4.69) is 15.9 Å². The molecule has 4 heteroatoms. The fraction of sp³-hybridized carbons (Fsp3) is 0. The van der Waals surface area contributed by atoms with Gasteiger partial charge in [0, 0.05) is 27.1 Å². The van der Waals surface area contributed by atoms with Crippen LogP contribution in [-0.2, 0) is 0 Å². The number of benzene rings is 2. The van der Waals surface area contributed by atoms with E-state index in [1.807, 2.05) is 36.4 Å². The third kappa shape index (κ3) is 2.42. The summed E-state index contributed by atoms with van der Waals surface area (Å²) in [6.07, 6.45) is 0. The molecule has 2 aliphatic carbocycles. The lowest BCUT2D eigenvalue weighted by atomic mass is 9.92. The van der Waals surface area contributed by atoms with Gasteiger partial charge in [-0.15, -0.1) is 0 Å². The molecule has 0 aliphatic heterocycles. The van der Waals surface area contributed by atoms with E-state index in [4.69, 9.17) is 4.42 Å². The third-order valence-corrected chi connectivity index (χ3v) is 3.46. The van der Waals surface area contributed by atoms with Crippen LogP contribution in [0.3, 0.4) is 0 Å². The van der Waals surface area contributed by atoms with Crippen molar-refractivity contribution in [1.82, 2.24) is 0 Å². The fourth-order valence-corrected chi connectivity index (χ4v) is 2.31. The van der Waals surface area contributed by atoms with Crippen LogP contribution in [0, 0.1) is 0 Å². The first-order valence-corrected chi connectivity index (χ1v) is 6.77. The van der Waals surface area contributed by atoms with Crippen molar-refractivity contribution in [3.05, 3.63) is 80.6 Å². The van der Waals surface area contributed by atoms with Gasteiger partial charge in [0.1, 0.15) is 5.58 Å². The van der Waals surface area contributed by atoms with Gasteiger partial charge >= 0.3 is 5.63 Å². The monoisotopic (exact) mass is 328 g/mol. The Labute approximate surface area is 123 Å². The van der Waals surface area contributed by atoms with Crippen LogP contribution in [0.5, 0.6) is 0 Å². The van der Waals surface area contributed by atoms with Crippen molar-refractivity contribution in [2.45, 2.75) is 0 Å². The Bertz CT molecular complexity index is 836. The van der Waals surface area contributed by atoms with Gasteiger partial charge in [-0.05, 0) is 30.3 Å². The van der Waals surface area contributed by atoms with E-state index >= 15 is 0 Å². The predicted octanol–water partition coefficient (Wildman–Crippen LogP) is 3.79. The first kappa shape index (κ1) is 12.8. The highest BCUT2D eigenvalue weighted by Gasteiger charge is 2.17. The average Bonchev–Trinajstić information content (AvgIpc) is 2.48. The van der Waals surface area contributed by atoms with Crippen LogP contribution in [0.2, 0.25) is 0 Å². The predicted molar refractivity (Wildman–Crippen MR) is 80.1 cm³/mol. The number of carbonyl (C=O) groups is 1. The van der Waals surface area contributed by atoms with Crippen molar-refractivity contribution in [2.24, 2.45) is 0 Å². The van der Waals surface area contributed by atoms with Crippen molar-refractivity contribution in [2.75, 3.05) is 0 Å². The summed E-state index contributed by atoms with van der Waals surface area (Å²) in [4.78, 5) is 21.4. The topological polar surface area (TPSA) is 47.3 Å². The fourth-order valence-electron chi connectivity index (χ4n) is 1.93. The maximum absolute atomic E-state index is 10.8. The van der Waals surface area contributed by atoms with E-state index in [1.54, 1.807) is 12.1 Å². The van der Waals surface area contributed by atoms with Crippen LogP contribution >= 0.6 is 15.9 Å². The van der Waals surface area contributed by atoms with Gasteiger partial charge in [0.05, 0.1) is 0 Å². The molecular weight excluding hydrogens is 320 g/mol. The molecule has 0 radical (unpaired) electrons. The molecule has 0 saturated heterocycles. The summed E-state index contributed by atoms with van der Waals surface area (Å²) in [5.41, 5.74) is 2.00. The Balaban J connectivity index is 0.000000131. The summed E-state index contributed by atoms with van der Waals surface area (Å²) in [5, 5.41) is 0.920. The van der Waals surface area contributed by atoms with Gasteiger partial charge < -0.3 is 4.42 Å². The van der Waals surface area contributed by atoms with Crippen LogP contribution in [0.25, 0.3) is 11.0 Å². The van der Waals surface area contributed by atoms with Crippen molar-refractivity contribution < 1.29 is 9.21 Å². The van der Waals surface area contributed by atoms with Gasteiger partial charge in [0.2, 0.25) is 0 Å². The van der Waals surface area contributed by atoms with Crippen LogP contribution < -0.4 is 5.63 Å². The number of hydrogen-bond acceptors (Lipinski definition) is 3. The molecule has 0 fully saturated rings. The Hall–Kier alpha value is -2.20. The SMILES string of the molecule is O=C1c2cccc1c2.O=c1ccc2cc(Br)ccc2o1. The van der Waals surface area contributed by atoms with Gasteiger partial charge in [-0.1, -0.05) is 34.1 Å². The first-order valence-electron chi connectivity index (χ1n) is 5.98. The number of carbonyl (C=O) groups excluding carboxylic acids is 1. The van der Waals surface area contributed by atoms with E-state index < -0.39 is 0 Å². The molecule has 0 atom stereocenters. The Morgan fingerprint density at radius 3 is 2.20 bits per heavy atom. The summed E-state index contributed by atoms with van der Waals surface area (Å²) in [6, 6.07) is 16.1. The second-order valence-corrected chi connectivity index (χ2v) is 5.26. The highest BCUT2D eigenvalue weighted by Crippen LogP contribution is 2.19. The zero-order chi connectivity index (χ0) is 14.1. The lowest BCUT2D eigenvalue weighted by molar-refractivity contribution is 0.102. The molecule has 0 saturated carbocycles. The van der Waals surface area contributed by atoms with Gasteiger partial charge in [-0.2, -0.15) is 0 Å². The number of hydrogen-bond donors (Lipinski definition) is 0. The Morgan fingerprint density at radius 2 is 1.60 bits per heavy atom. The number of halogens is 1. The van der Waals surface area contributed by atoms with E-state index in [9.17, 15) is 9.59 Å². The molecule has 0 amide bonds. The second-order valence-electron chi connectivity index (χ2n) is 4.35. The first-order chi connectivity index (χ1) is 9.63. The van der Waals surface area contributed by atoms with E-state index in [0.29, 0.717) is 5.58 Å². The zero-order valence-electron chi connectivity index (χ0n) is 10.3. The summed E-state index contributed by atoms with van der Waals surface area (Å²) in [6.45, 7) is 0. The van der Waals surface area contributed by atoms with Crippen molar-refractivity contribution in [3.63, 3.8) is 0 Å². The lowest BCUT2D eigenvalue weighted by Crippen LogP contribution is -2.10. The van der Waals surface area contributed by atoms with E-state index in [-0.39, 0.29) is 11.4 Å². The minimum Gasteiger partial charge on any atom is -0.423 e. The van der Waals surface area contributed by atoms with Crippen molar-refractivity contribution in [1.29, 1.82) is 0 Å². The Morgan fingerprint density at radius 1 is 0.850 bits per heavy atom. The molecule has 98 valence electrons. The Kier molecular flexibility index (Phi) is 3.24.